The fraction of sp³-hybridized carbons (Fsp3) is 0.579. The summed E-state index contributed by atoms with van der Waals surface area (Å²) in [6.07, 6.45) is 6.87. The van der Waals surface area contributed by atoms with Crippen molar-refractivity contribution in [1.82, 2.24) is 5.32 Å². The molecule has 2 N–H and O–H groups in total. The number of hydrogen-bond acceptors (Lipinski definition) is 4. The Kier molecular flexibility index (Phi) is 4.35. The molecule has 4 aliphatic rings. The van der Waals surface area contributed by atoms with E-state index in [1.165, 1.54) is 0 Å². The van der Waals surface area contributed by atoms with Crippen LogP contribution in [0.15, 0.2) is 29.3 Å². The first-order valence-electron chi connectivity index (χ1n) is 8.87. The molecule has 4 aliphatic carbocycles. The third kappa shape index (κ3) is 3.47. The Morgan fingerprint density at radius 2 is 1.96 bits per heavy atom. The second kappa shape index (κ2) is 6.51. The lowest BCUT2D eigenvalue weighted by Gasteiger charge is -2.58. The van der Waals surface area contributed by atoms with Gasteiger partial charge in [0.25, 0.3) is 0 Å². The number of nitrogens with one attached hydrogen (secondary N) is 1. The van der Waals surface area contributed by atoms with Crippen LogP contribution in [0.4, 0.5) is 0 Å². The summed E-state index contributed by atoms with van der Waals surface area (Å²) in [6.45, 7) is 0.221. The third-order valence-electron chi connectivity index (χ3n) is 5.95. The molecule has 6 heteroatoms. The van der Waals surface area contributed by atoms with Crippen LogP contribution in [0.2, 0.25) is 5.02 Å². The van der Waals surface area contributed by atoms with Crippen LogP contribution in [0.25, 0.3) is 0 Å². The van der Waals surface area contributed by atoms with Crippen molar-refractivity contribution in [3.8, 4) is 11.9 Å². The van der Waals surface area contributed by atoms with Crippen LogP contribution < -0.4 is 10.1 Å². The van der Waals surface area contributed by atoms with Gasteiger partial charge in [0.1, 0.15) is 12.4 Å². The van der Waals surface area contributed by atoms with E-state index in [1.807, 2.05) is 6.19 Å². The van der Waals surface area contributed by atoms with Crippen molar-refractivity contribution in [2.75, 3.05) is 6.61 Å². The molecule has 1 aromatic carbocycles. The molecule has 1 aromatic rings. The Morgan fingerprint density at radius 1 is 1.28 bits per heavy atom. The zero-order chi connectivity index (χ0) is 17.4. The van der Waals surface area contributed by atoms with E-state index in [2.05, 4.69) is 10.3 Å². The van der Waals surface area contributed by atoms with E-state index >= 15 is 0 Å². The Balaban J connectivity index is 1.41. The summed E-state index contributed by atoms with van der Waals surface area (Å²) in [5.41, 5.74) is -0.457. The van der Waals surface area contributed by atoms with Gasteiger partial charge in [-0.1, -0.05) is 11.6 Å². The largest absolute Gasteiger partial charge is 0.486 e. The lowest BCUT2D eigenvalue weighted by molar-refractivity contribution is -0.136. The van der Waals surface area contributed by atoms with Gasteiger partial charge in [-0.3, -0.25) is 0 Å². The summed E-state index contributed by atoms with van der Waals surface area (Å²) in [4.78, 5) is 3.92. The SMILES string of the molecule is N#C/N=C(\COc1ccc(Cl)cc1)NC1C2CC3CC1CC(O)(C3)C2. The van der Waals surface area contributed by atoms with E-state index in [-0.39, 0.29) is 12.6 Å². The normalized spacial score (nSPS) is 36.1. The van der Waals surface area contributed by atoms with Gasteiger partial charge >= 0.3 is 0 Å². The number of benzene rings is 1. The van der Waals surface area contributed by atoms with Crippen molar-refractivity contribution < 1.29 is 9.84 Å². The van der Waals surface area contributed by atoms with Gasteiger partial charge in [-0.25, -0.2) is 0 Å². The molecule has 2 unspecified atom stereocenters. The summed E-state index contributed by atoms with van der Waals surface area (Å²) >= 11 is 5.88. The van der Waals surface area contributed by atoms with Crippen LogP contribution in [0.5, 0.6) is 5.75 Å². The molecule has 4 fully saturated rings. The van der Waals surface area contributed by atoms with E-state index in [1.54, 1.807) is 24.3 Å². The highest BCUT2D eigenvalue weighted by Crippen LogP contribution is 2.55. The van der Waals surface area contributed by atoms with Crippen molar-refractivity contribution in [2.24, 2.45) is 22.7 Å². The lowest BCUT2D eigenvalue weighted by Crippen LogP contribution is -2.62. The third-order valence-corrected chi connectivity index (χ3v) is 6.20. The second-order valence-corrected chi connectivity index (χ2v) is 8.20. The van der Waals surface area contributed by atoms with E-state index in [0.29, 0.717) is 34.4 Å². The van der Waals surface area contributed by atoms with E-state index < -0.39 is 5.60 Å². The number of hydrogen-bond donors (Lipinski definition) is 2. The van der Waals surface area contributed by atoms with Crippen LogP contribution in [-0.4, -0.2) is 29.2 Å². The molecule has 4 saturated carbocycles. The van der Waals surface area contributed by atoms with Crippen molar-refractivity contribution in [3.05, 3.63) is 29.3 Å². The summed E-state index contributed by atoms with van der Waals surface area (Å²) < 4.78 is 5.74. The van der Waals surface area contributed by atoms with Crippen LogP contribution >= 0.6 is 11.6 Å². The molecule has 4 bridgehead atoms. The van der Waals surface area contributed by atoms with Gasteiger partial charge in [0.2, 0.25) is 6.19 Å². The molecule has 0 radical (unpaired) electrons. The number of aliphatic imine (C=N–C) groups is 1. The van der Waals surface area contributed by atoms with Gasteiger partial charge in [-0.05, 0) is 74.1 Å². The van der Waals surface area contributed by atoms with Crippen molar-refractivity contribution in [3.63, 3.8) is 0 Å². The summed E-state index contributed by atoms with van der Waals surface area (Å²) in [5, 5.41) is 23.8. The standard InChI is InChI=1S/C19H22ClN3O2/c20-15-1-3-16(4-2-15)25-10-17(22-11-21)23-18-13-5-12-6-14(18)9-19(24,7-12)8-13/h1-4,12-14,18,24H,5-10H2,(H,22,23). The van der Waals surface area contributed by atoms with Crippen LogP contribution in [0.1, 0.15) is 32.1 Å². The molecule has 2 atom stereocenters. The minimum absolute atomic E-state index is 0.221. The van der Waals surface area contributed by atoms with Gasteiger partial charge in [-0.15, -0.1) is 0 Å². The quantitative estimate of drug-likeness (QED) is 0.492. The van der Waals surface area contributed by atoms with Crippen LogP contribution in [-0.2, 0) is 0 Å². The predicted molar refractivity (Wildman–Crippen MR) is 95.4 cm³/mol. The zero-order valence-electron chi connectivity index (χ0n) is 14.0. The summed E-state index contributed by atoms with van der Waals surface area (Å²) in [5.74, 6) is 2.81. The Bertz CT molecular complexity index is 696. The Labute approximate surface area is 152 Å². The molecule has 5 nitrogen and oxygen atoms in total. The molecule has 0 amide bonds. The van der Waals surface area contributed by atoms with E-state index in [0.717, 1.165) is 32.1 Å². The van der Waals surface area contributed by atoms with Gasteiger partial charge in [0.15, 0.2) is 5.84 Å². The first-order valence-corrected chi connectivity index (χ1v) is 9.25. The zero-order valence-corrected chi connectivity index (χ0v) is 14.7. The number of nitriles is 1. The molecule has 5 rings (SSSR count). The fourth-order valence-corrected chi connectivity index (χ4v) is 5.38. The lowest BCUT2D eigenvalue weighted by atomic mass is 9.52. The van der Waals surface area contributed by atoms with Gasteiger partial charge < -0.3 is 15.2 Å². The number of ether oxygens (including phenoxy) is 1. The molecule has 132 valence electrons. The molecule has 0 spiro atoms. The predicted octanol–water partition coefficient (Wildman–Crippen LogP) is 3.13. The second-order valence-electron chi connectivity index (χ2n) is 7.77. The molecule has 25 heavy (non-hydrogen) atoms. The van der Waals surface area contributed by atoms with Gasteiger partial charge in [-0.2, -0.15) is 10.3 Å². The van der Waals surface area contributed by atoms with Crippen molar-refractivity contribution >= 4 is 17.4 Å². The summed E-state index contributed by atoms with van der Waals surface area (Å²) in [7, 11) is 0. The maximum absolute atomic E-state index is 10.7. The maximum Gasteiger partial charge on any atom is 0.207 e. The first-order chi connectivity index (χ1) is 12.0. The number of halogens is 1. The highest BCUT2D eigenvalue weighted by molar-refractivity contribution is 6.30. The molecular formula is C19H22ClN3O2. The maximum atomic E-state index is 10.7. The highest BCUT2D eigenvalue weighted by Gasteiger charge is 2.54. The van der Waals surface area contributed by atoms with Gasteiger partial charge in [0, 0.05) is 11.1 Å². The average Bonchev–Trinajstić information content (AvgIpc) is 2.56. The number of nitrogens with zero attached hydrogens (tertiary/aromatic N) is 2. The fourth-order valence-electron chi connectivity index (χ4n) is 5.26. The van der Waals surface area contributed by atoms with E-state index in [4.69, 9.17) is 21.6 Å². The topological polar surface area (TPSA) is 77.6 Å². The highest BCUT2D eigenvalue weighted by atomic mass is 35.5. The molecule has 0 heterocycles. The summed E-state index contributed by atoms with van der Waals surface area (Å²) in [6, 6.07) is 7.40. The van der Waals surface area contributed by atoms with Crippen LogP contribution in [0.3, 0.4) is 0 Å². The average molecular weight is 360 g/mol. The molecule has 0 aliphatic heterocycles. The van der Waals surface area contributed by atoms with E-state index in [9.17, 15) is 5.11 Å². The monoisotopic (exact) mass is 359 g/mol. The molecule has 0 aromatic heterocycles. The minimum Gasteiger partial charge on any atom is -0.486 e. The van der Waals surface area contributed by atoms with Crippen molar-refractivity contribution in [1.29, 1.82) is 5.26 Å². The smallest absolute Gasteiger partial charge is 0.207 e. The Hall–Kier alpha value is -1.77. The number of rotatable bonds is 4. The first kappa shape index (κ1) is 16.7. The molecular weight excluding hydrogens is 338 g/mol. The number of amidine groups is 1. The molecule has 0 saturated heterocycles. The minimum atomic E-state index is -0.457. The van der Waals surface area contributed by atoms with Crippen molar-refractivity contribution in [2.45, 2.75) is 43.7 Å². The van der Waals surface area contributed by atoms with Crippen LogP contribution in [0, 0.1) is 29.2 Å². The Morgan fingerprint density at radius 3 is 2.56 bits per heavy atom. The van der Waals surface area contributed by atoms with Gasteiger partial charge in [0.05, 0.1) is 5.60 Å². The number of aliphatic hydroxyl groups is 1.